The first-order valence-electron chi connectivity index (χ1n) is 8.23. The SMILES string of the molecule is CCOc1c(OC)cccc1[C@@H]1CC(=O)Nc2c1cnn2C(C)C. The summed E-state index contributed by atoms with van der Waals surface area (Å²) in [5.74, 6) is 2.04. The van der Waals surface area contributed by atoms with Crippen LogP contribution in [0.4, 0.5) is 5.82 Å². The van der Waals surface area contributed by atoms with Crippen LogP contribution < -0.4 is 14.8 Å². The largest absolute Gasteiger partial charge is 0.493 e. The standard InChI is InChI=1S/C18H23N3O3/c1-5-24-17-12(7-6-8-15(17)23-4)13-9-16(22)20-18-14(13)10-19-21(18)11(2)3/h6-8,10-11,13H,5,9H2,1-4H3,(H,20,22)/t13-/m0/s1. The molecule has 1 aliphatic rings. The lowest BCUT2D eigenvalue weighted by atomic mass is 9.86. The van der Waals surface area contributed by atoms with Gasteiger partial charge in [-0.15, -0.1) is 0 Å². The Morgan fingerprint density at radius 1 is 1.38 bits per heavy atom. The predicted octanol–water partition coefficient (Wildman–Crippen LogP) is 3.35. The second-order valence-electron chi connectivity index (χ2n) is 6.10. The molecule has 1 aromatic carbocycles. The van der Waals surface area contributed by atoms with Crippen LogP contribution in [0.25, 0.3) is 0 Å². The van der Waals surface area contributed by atoms with Gasteiger partial charge in [0.2, 0.25) is 5.91 Å². The van der Waals surface area contributed by atoms with Gasteiger partial charge < -0.3 is 14.8 Å². The van der Waals surface area contributed by atoms with Crippen LogP contribution in [-0.2, 0) is 4.79 Å². The molecule has 3 rings (SSSR count). The van der Waals surface area contributed by atoms with E-state index in [0.717, 1.165) is 16.9 Å². The zero-order valence-electron chi connectivity index (χ0n) is 14.5. The fraction of sp³-hybridized carbons (Fsp3) is 0.444. The number of anilines is 1. The van der Waals surface area contributed by atoms with Crippen LogP contribution >= 0.6 is 0 Å². The number of ether oxygens (including phenoxy) is 2. The van der Waals surface area contributed by atoms with Crippen molar-refractivity contribution in [2.45, 2.75) is 39.2 Å². The Bertz CT molecular complexity index is 752. The average Bonchev–Trinajstić information content (AvgIpc) is 2.98. The molecule has 6 heteroatoms. The number of hydrogen-bond donors (Lipinski definition) is 1. The zero-order chi connectivity index (χ0) is 17.3. The lowest BCUT2D eigenvalue weighted by Gasteiger charge is -2.26. The molecule has 0 spiro atoms. The number of rotatable bonds is 5. The van der Waals surface area contributed by atoms with E-state index < -0.39 is 0 Å². The van der Waals surface area contributed by atoms with E-state index in [2.05, 4.69) is 10.4 Å². The Morgan fingerprint density at radius 2 is 2.17 bits per heavy atom. The molecule has 2 heterocycles. The van der Waals surface area contributed by atoms with E-state index in [1.165, 1.54) is 0 Å². The molecule has 1 amide bonds. The molecule has 1 N–H and O–H groups in total. The average molecular weight is 329 g/mol. The van der Waals surface area contributed by atoms with Crippen LogP contribution in [0.1, 0.15) is 50.3 Å². The number of aromatic nitrogens is 2. The Hall–Kier alpha value is -2.50. The van der Waals surface area contributed by atoms with Crippen LogP contribution in [-0.4, -0.2) is 29.4 Å². The Morgan fingerprint density at radius 3 is 2.83 bits per heavy atom. The molecule has 1 atom stereocenters. The quantitative estimate of drug-likeness (QED) is 0.913. The van der Waals surface area contributed by atoms with Gasteiger partial charge in [-0.1, -0.05) is 12.1 Å². The van der Waals surface area contributed by atoms with Crippen LogP contribution in [0.3, 0.4) is 0 Å². The van der Waals surface area contributed by atoms with Gasteiger partial charge in [0.15, 0.2) is 11.5 Å². The maximum absolute atomic E-state index is 12.3. The molecular weight excluding hydrogens is 306 g/mol. The molecule has 0 saturated carbocycles. The molecule has 128 valence electrons. The van der Waals surface area contributed by atoms with E-state index in [0.29, 0.717) is 24.5 Å². The maximum atomic E-state index is 12.3. The smallest absolute Gasteiger partial charge is 0.226 e. The molecule has 0 radical (unpaired) electrons. The molecule has 0 fully saturated rings. The number of fused-ring (bicyclic) bond motifs is 1. The van der Waals surface area contributed by atoms with Gasteiger partial charge in [-0.25, -0.2) is 4.68 Å². The van der Waals surface area contributed by atoms with Crippen molar-refractivity contribution in [2.75, 3.05) is 19.0 Å². The summed E-state index contributed by atoms with van der Waals surface area (Å²) >= 11 is 0. The first kappa shape index (κ1) is 16.4. The van der Waals surface area contributed by atoms with Crippen molar-refractivity contribution >= 4 is 11.7 Å². The van der Waals surface area contributed by atoms with Gasteiger partial charge in [-0.05, 0) is 26.8 Å². The summed E-state index contributed by atoms with van der Waals surface area (Å²) in [7, 11) is 1.62. The maximum Gasteiger partial charge on any atom is 0.226 e. The van der Waals surface area contributed by atoms with E-state index >= 15 is 0 Å². The molecule has 0 bridgehead atoms. The minimum absolute atomic E-state index is 0.0137. The van der Waals surface area contributed by atoms with Crippen molar-refractivity contribution in [2.24, 2.45) is 0 Å². The van der Waals surface area contributed by atoms with Crippen molar-refractivity contribution in [3.63, 3.8) is 0 Å². The van der Waals surface area contributed by atoms with Crippen molar-refractivity contribution in [3.8, 4) is 11.5 Å². The van der Waals surface area contributed by atoms with Gasteiger partial charge in [0.25, 0.3) is 0 Å². The second-order valence-corrected chi connectivity index (χ2v) is 6.10. The first-order valence-corrected chi connectivity index (χ1v) is 8.23. The number of amides is 1. The van der Waals surface area contributed by atoms with E-state index in [4.69, 9.17) is 9.47 Å². The number of carbonyl (C=O) groups is 1. The van der Waals surface area contributed by atoms with Crippen LogP contribution in [0, 0.1) is 0 Å². The van der Waals surface area contributed by atoms with Crippen molar-refractivity contribution in [3.05, 3.63) is 35.5 Å². The Balaban J connectivity index is 2.13. The van der Waals surface area contributed by atoms with Crippen LogP contribution in [0.15, 0.2) is 24.4 Å². The fourth-order valence-corrected chi connectivity index (χ4v) is 3.17. The Kier molecular flexibility index (Phi) is 4.46. The van der Waals surface area contributed by atoms with Gasteiger partial charge in [0.1, 0.15) is 5.82 Å². The highest BCUT2D eigenvalue weighted by molar-refractivity contribution is 5.94. The van der Waals surface area contributed by atoms with Gasteiger partial charge >= 0.3 is 0 Å². The summed E-state index contributed by atoms with van der Waals surface area (Å²) in [6, 6.07) is 5.96. The van der Waals surface area contributed by atoms with Gasteiger partial charge in [0, 0.05) is 29.5 Å². The molecule has 0 unspecified atom stereocenters. The second kappa shape index (κ2) is 6.55. The highest BCUT2D eigenvalue weighted by Gasteiger charge is 2.33. The topological polar surface area (TPSA) is 65.4 Å². The van der Waals surface area contributed by atoms with Gasteiger partial charge in [-0.2, -0.15) is 5.10 Å². The number of methoxy groups -OCH3 is 1. The highest BCUT2D eigenvalue weighted by atomic mass is 16.5. The summed E-state index contributed by atoms with van der Waals surface area (Å²) in [6.45, 7) is 6.55. The minimum atomic E-state index is -0.0992. The molecule has 1 aromatic heterocycles. The molecule has 2 aromatic rings. The third kappa shape index (κ3) is 2.72. The minimum Gasteiger partial charge on any atom is -0.493 e. The third-order valence-electron chi connectivity index (χ3n) is 4.23. The van der Waals surface area contributed by atoms with Crippen molar-refractivity contribution in [1.82, 2.24) is 9.78 Å². The molecule has 6 nitrogen and oxygen atoms in total. The number of hydrogen-bond acceptors (Lipinski definition) is 4. The van der Waals surface area contributed by atoms with Crippen molar-refractivity contribution < 1.29 is 14.3 Å². The van der Waals surface area contributed by atoms with E-state index in [1.807, 2.05) is 49.8 Å². The monoisotopic (exact) mass is 329 g/mol. The molecular formula is C18H23N3O3. The molecule has 0 saturated heterocycles. The number of nitrogens with one attached hydrogen (secondary N) is 1. The van der Waals surface area contributed by atoms with E-state index in [1.54, 1.807) is 7.11 Å². The third-order valence-corrected chi connectivity index (χ3v) is 4.23. The summed E-state index contributed by atoms with van der Waals surface area (Å²) in [5, 5.41) is 7.41. The summed E-state index contributed by atoms with van der Waals surface area (Å²) in [4.78, 5) is 12.3. The summed E-state index contributed by atoms with van der Waals surface area (Å²) in [5.41, 5.74) is 1.97. The zero-order valence-corrected chi connectivity index (χ0v) is 14.5. The number of para-hydroxylation sites is 1. The lowest BCUT2D eigenvalue weighted by molar-refractivity contribution is -0.116. The van der Waals surface area contributed by atoms with Gasteiger partial charge in [0.05, 0.1) is 19.9 Å². The van der Waals surface area contributed by atoms with Crippen LogP contribution in [0.2, 0.25) is 0 Å². The first-order chi connectivity index (χ1) is 11.6. The van der Waals surface area contributed by atoms with E-state index in [9.17, 15) is 4.79 Å². The van der Waals surface area contributed by atoms with Crippen LogP contribution in [0.5, 0.6) is 11.5 Å². The normalized spacial score (nSPS) is 16.7. The lowest BCUT2D eigenvalue weighted by Crippen LogP contribution is -2.25. The number of nitrogens with zero attached hydrogens (tertiary/aromatic N) is 2. The van der Waals surface area contributed by atoms with E-state index in [-0.39, 0.29) is 17.9 Å². The molecule has 1 aliphatic heterocycles. The predicted molar refractivity (Wildman–Crippen MR) is 91.9 cm³/mol. The Labute approximate surface area is 141 Å². The molecule has 0 aliphatic carbocycles. The fourth-order valence-electron chi connectivity index (χ4n) is 3.17. The number of benzene rings is 1. The van der Waals surface area contributed by atoms with Gasteiger partial charge in [-0.3, -0.25) is 4.79 Å². The molecule has 24 heavy (non-hydrogen) atoms. The highest BCUT2D eigenvalue weighted by Crippen LogP contribution is 2.44. The summed E-state index contributed by atoms with van der Waals surface area (Å²) in [6.07, 6.45) is 2.21. The van der Waals surface area contributed by atoms with Crippen molar-refractivity contribution in [1.29, 1.82) is 0 Å². The summed E-state index contributed by atoms with van der Waals surface area (Å²) < 4.78 is 13.1. The number of carbonyl (C=O) groups excluding carboxylic acids is 1.